The summed E-state index contributed by atoms with van der Waals surface area (Å²) in [6.07, 6.45) is 0. The van der Waals surface area contributed by atoms with Crippen LogP contribution in [-0.4, -0.2) is 38.1 Å². The van der Waals surface area contributed by atoms with Gasteiger partial charge in [0.2, 0.25) is 10.0 Å². The van der Waals surface area contributed by atoms with Crippen molar-refractivity contribution < 1.29 is 27.9 Å². The van der Waals surface area contributed by atoms with E-state index in [2.05, 4.69) is 0 Å². The SMILES string of the molecule is CCOC(=O)c1ccccc1S(=O)(=O)NC(C)C(=O)O. The van der Waals surface area contributed by atoms with Gasteiger partial charge in [0.05, 0.1) is 17.1 Å². The summed E-state index contributed by atoms with van der Waals surface area (Å²) in [4.78, 5) is 22.1. The molecule has 0 aromatic heterocycles. The summed E-state index contributed by atoms with van der Waals surface area (Å²) < 4.78 is 30.9. The number of sulfonamides is 1. The second-order valence-corrected chi connectivity index (χ2v) is 5.58. The van der Waals surface area contributed by atoms with Crippen molar-refractivity contribution >= 4 is 22.0 Å². The molecule has 0 saturated heterocycles. The van der Waals surface area contributed by atoms with E-state index in [-0.39, 0.29) is 17.1 Å². The number of hydrogen-bond donors (Lipinski definition) is 2. The molecule has 1 aromatic carbocycles. The number of benzene rings is 1. The number of aliphatic carboxylic acids is 1. The van der Waals surface area contributed by atoms with E-state index in [4.69, 9.17) is 9.84 Å². The van der Waals surface area contributed by atoms with Gasteiger partial charge in [-0.25, -0.2) is 13.2 Å². The van der Waals surface area contributed by atoms with Crippen molar-refractivity contribution in [2.24, 2.45) is 0 Å². The maximum absolute atomic E-state index is 12.1. The Morgan fingerprint density at radius 2 is 1.95 bits per heavy atom. The van der Waals surface area contributed by atoms with E-state index in [9.17, 15) is 18.0 Å². The zero-order chi connectivity index (χ0) is 15.3. The summed E-state index contributed by atoms with van der Waals surface area (Å²) in [7, 11) is -4.13. The first-order chi connectivity index (χ1) is 9.29. The molecule has 0 bridgehead atoms. The predicted octanol–water partition coefficient (Wildman–Crippen LogP) is 0.615. The molecule has 8 heteroatoms. The number of carbonyl (C=O) groups excluding carboxylic acids is 1. The number of rotatable bonds is 6. The fourth-order valence-corrected chi connectivity index (χ4v) is 2.82. The molecule has 0 spiro atoms. The van der Waals surface area contributed by atoms with Crippen LogP contribution in [-0.2, 0) is 19.6 Å². The first-order valence-electron chi connectivity index (χ1n) is 5.81. The summed E-state index contributed by atoms with van der Waals surface area (Å²) in [5.74, 6) is -2.10. The molecule has 1 atom stereocenters. The Balaban J connectivity index is 3.19. The molecule has 0 heterocycles. The molecule has 2 N–H and O–H groups in total. The largest absolute Gasteiger partial charge is 0.480 e. The third-order valence-electron chi connectivity index (χ3n) is 2.37. The van der Waals surface area contributed by atoms with Crippen LogP contribution < -0.4 is 4.72 Å². The van der Waals surface area contributed by atoms with Crippen LogP contribution in [0.4, 0.5) is 0 Å². The fourth-order valence-electron chi connectivity index (χ4n) is 1.43. The number of carboxylic acids is 1. The molecule has 1 unspecified atom stereocenters. The Morgan fingerprint density at radius 1 is 1.35 bits per heavy atom. The molecular weight excluding hydrogens is 286 g/mol. The highest BCUT2D eigenvalue weighted by Crippen LogP contribution is 2.16. The maximum Gasteiger partial charge on any atom is 0.339 e. The summed E-state index contributed by atoms with van der Waals surface area (Å²) in [5, 5.41) is 8.74. The van der Waals surface area contributed by atoms with Crippen molar-refractivity contribution in [2.45, 2.75) is 24.8 Å². The number of carboxylic acid groups (broad SMARTS) is 1. The second-order valence-electron chi connectivity index (χ2n) is 3.90. The van der Waals surface area contributed by atoms with Crippen LogP contribution in [0.3, 0.4) is 0 Å². The van der Waals surface area contributed by atoms with Crippen LogP contribution in [0.1, 0.15) is 24.2 Å². The highest BCUT2D eigenvalue weighted by Gasteiger charge is 2.26. The molecule has 0 saturated carbocycles. The number of ether oxygens (including phenoxy) is 1. The molecular formula is C12H15NO6S. The van der Waals surface area contributed by atoms with Gasteiger partial charge in [0, 0.05) is 0 Å². The van der Waals surface area contributed by atoms with Crippen LogP contribution in [0.15, 0.2) is 29.2 Å². The van der Waals surface area contributed by atoms with Gasteiger partial charge in [0.1, 0.15) is 6.04 Å². The number of nitrogens with one attached hydrogen (secondary N) is 1. The van der Waals surface area contributed by atoms with Crippen LogP contribution in [0.5, 0.6) is 0 Å². The molecule has 0 radical (unpaired) electrons. The lowest BCUT2D eigenvalue weighted by atomic mass is 10.2. The lowest BCUT2D eigenvalue weighted by Crippen LogP contribution is -2.38. The monoisotopic (exact) mass is 301 g/mol. The molecule has 20 heavy (non-hydrogen) atoms. The van der Waals surface area contributed by atoms with Crippen LogP contribution >= 0.6 is 0 Å². The zero-order valence-corrected chi connectivity index (χ0v) is 11.8. The Bertz CT molecular complexity index is 610. The molecule has 0 aliphatic carbocycles. The van der Waals surface area contributed by atoms with Crippen molar-refractivity contribution in [3.63, 3.8) is 0 Å². The van der Waals surface area contributed by atoms with Crippen molar-refractivity contribution in [3.05, 3.63) is 29.8 Å². The van der Waals surface area contributed by atoms with Gasteiger partial charge in [-0.3, -0.25) is 4.79 Å². The minimum absolute atomic E-state index is 0.103. The topological polar surface area (TPSA) is 110 Å². The van der Waals surface area contributed by atoms with Gasteiger partial charge in [-0.05, 0) is 26.0 Å². The third kappa shape index (κ3) is 3.78. The molecule has 1 aromatic rings. The Labute approximate surface area is 116 Å². The van der Waals surface area contributed by atoms with Crippen molar-refractivity contribution in [2.75, 3.05) is 6.61 Å². The van der Waals surface area contributed by atoms with Gasteiger partial charge in [-0.2, -0.15) is 4.72 Å². The smallest absolute Gasteiger partial charge is 0.339 e. The maximum atomic E-state index is 12.1. The van der Waals surface area contributed by atoms with Crippen molar-refractivity contribution in [1.82, 2.24) is 4.72 Å². The predicted molar refractivity (Wildman–Crippen MR) is 69.8 cm³/mol. The number of carbonyl (C=O) groups is 2. The zero-order valence-electron chi connectivity index (χ0n) is 11.0. The minimum Gasteiger partial charge on any atom is -0.480 e. The molecule has 7 nitrogen and oxygen atoms in total. The molecule has 0 aliphatic heterocycles. The first kappa shape index (κ1) is 16.1. The van der Waals surface area contributed by atoms with Crippen LogP contribution in [0.25, 0.3) is 0 Å². The van der Waals surface area contributed by atoms with E-state index in [1.807, 2.05) is 4.72 Å². The van der Waals surface area contributed by atoms with Gasteiger partial charge < -0.3 is 9.84 Å². The van der Waals surface area contributed by atoms with E-state index < -0.39 is 28.0 Å². The van der Waals surface area contributed by atoms with Crippen molar-refractivity contribution in [3.8, 4) is 0 Å². The van der Waals surface area contributed by atoms with E-state index in [1.165, 1.54) is 31.2 Å². The van der Waals surface area contributed by atoms with E-state index in [0.717, 1.165) is 0 Å². The third-order valence-corrected chi connectivity index (χ3v) is 3.97. The lowest BCUT2D eigenvalue weighted by Gasteiger charge is -2.13. The average Bonchev–Trinajstić information content (AvgIpc) is 2.38. The molecule has 0 amide bonds. The Hall–Kier alpha value is -1.93. The quantitative estimate of drug-likeness (QED) is 0.745. The van der Waals surface area contributed by atoms with Crippen LogP contribution in [0.2, 0.25) is 0 Å². The second kappa shape index (κ2) is 6.49. The molecule has 110 valence electrons. The summed E-state index contributed by atoms with van der Waals surface area (Å²) in [5.41, 5.74) is -0.139. The highest BCUT2D eigenvalue weighted by atomic mass is 32.2. The van der Waals surface area contributed by atoms with Gasteiger partial charge in [-0.1, -0.05) is 12.1 Å². The molecule has 0 aliphatic rings. The standard InChI is InChI=1S/C12H15NO6S/c1-3-19-12(16)9-6-4-5-7-10(9)20(17,18)13-8(2)11(14)15/h4-8,13H,3H2,1-2H3,(H,14,15). The number of hydrogen-bond acceptors (Lipinski definition) is 5. The van der Waals surface area contributed by atoms with Crippen LogP contribution in [0, 0.1) is 0 Å². The average molecular weight is 301 g/mol. The first-order valence-corrected chi connectivity index (χ1v) is 7.29. The lowest BCUT2D eigenvalue weighted by molar-refractivity contribution is -0.138. The van der Waals surface area contributed by atoms with Gasteiger partial charge >= 0.3 is 11.9 Å². The highest BCUT2D eigenvalue weighted by molar-refractivity contribution is 7.89. The minimum atomic E-state index is -4.13. The van der Waals surface area contributed by atoms with Gasteiger partial charge in [0.15, 0.2) is 0 Å². The van der Waals surface area contributed by atoms with E-state index >= 15 is 0 Å². The summed E-state index contributed by atoms with van der Waals surface area (Å²) in [6.45, 7) is 2.89. The van der Waals surface area contributed by atoms with Gasteiger partial charge in [-0.15, -0.1) is 0 Å². The normalized spacial score (nSPS) is 12.7. The summed E-state index contributed by atoms with van der Waals surface area (Å²) >= 11 is 0. The molecule has 0 fully saturated rings. The Morgan fingerprint density at radius 3 is 2.50 bits per heavy atom. The van der Waals surface area contributed by atoms with Crippen molar-refractivity contribution in [1.29, 1.82) is 0 Å². The number of esters is 1. The summed E-state index contributed by atoms with van der Waals surface area (Å²) in [6, 6.07) is 4.13. The van der Waals surface area contributed by atoms with Gasteiger partial charge in [0.25, 0.3) is 0 Å². The Kier molecular flexibility index (Phi) is 5.23. The fraction of sp³-hybridized carbons (Fsp3) is 0.333. The van der Waals surface area contributed by atoms with E-state index in [1.54, 1.807) is 6.92 Å². The molecule has 1 rings (SSSR count). The van der Waals surface area contributed by atoms with E-state index in [0.29, 0.717) is 0 Å².